The third-order valence-corrected chi connectivity index (χ3v) is 4.25. The second kappa shape index (κ2) is 8.32. The maximum atomic E-state index is 12.5. The Balaban J connectivity index is 1.70. The molecule has 30 heavy (non-hydrogen) atoms. The number of furan rings is 1. The van der Waals surface area contributed by atoms with Gasteiger partial charge in [0.2, 0.25) is 5.88 Å². The Kier molecular flexibility index (Phi) is 5.64. The number of non-ortho nitro benzene ring substituents is 1. The van der Waals surface area contributed by atoms with Crippen molar-refractivity contribution in [2.24, 2.45) is 0 Å². The van der Waals surface area contributed by atoms with Crippen LogP contribution in [-0.4, -0.2) is 28.0 Å². The molecule has 2 aromatic heterocycles. The van der Waals surface area contributed by atoms with E-state index in [2.05, 4.69) is 5.32 Å². The normalized spacial score (nSPS) is 10.3. The van der Waals surface area contributed by atoms with Gasteiger partial charge in [-0.1, -0.05) is 0 Å². The van der Waals surface area contributed by atoms with Gasteiger partial charge >= 0.3 is 5.97 Å². The standard InChI is InChI=1S/C20H16N4O6/c1-12-9-14(24(27)28)5-6-16(12)22-17(25)11-29-20(26)18-13(2)30-19(15(18)10-21)23-7-3-4-8-23/h3-9H,11H2,1-2H3,(H,22,25). The molecule has 0 aliphatic heterocycles. The SMILES string of the molecule is Cc1cc([N+](=O)[O-])ccc1NC(=O)COC(=O)c1c(C)oc(-n2cccc2)c1C#N. The van der Waals surface area contributed by atoms with Crippen molar-refractivity contribution in [3.63, 3.8) is 0 Å². The monoisotopic (exact) mass is 408 g/mol. The van der Waals surface area contributed by atoms with Crippen molar-refractivity contribution >= 4 is 23.3 Å². The van der Waals surface area contributed by atoms with E-state index in [9.17, 15) is 25.0 Å². The number of nitrogens with zero attached hydrogens (tertiary/aromatic N) is 3. The number of nitrogens with one attached hydrogen (secondary N) is 1. The lowest BCUT2D eigenvalue weighted by Crippen LogP contribution is -2.21. The van der Waals surface area contributed by atoms with Crippen LogP contribution in [0.2, 0.25) is 0 Å². The van der Waals surface area contributed by atoms with Crippen LogP contribution in [0.4, 0.5) is 11.4 Å². The fourth-order valence-corrected chi connectivity index (χ4v) is 2.82. The van der Waals surface area contributed by atoms with Crippen molar-refractivity contribution in [1.82, 2.24) is 4.57 Å². The number of amides is 1. The highest BCUT2D eigenvalue weighted by atomic mass is 16.6. The first-order chi connectivity index (χ1) is 14.3. The van der Waals surface area contributed by atoms with Gasteiger partial charge in [-0.3, -0.25) is 19.5 Å². The number of benzene rings is 1. The average molecular weight is 408 g/mol. The van der Waals surface area contributed by atoms with Crippen molar-refractivity contribution < 1.29 is 23.7 Å². The molecule has 152 valence electrons. The molecule has 0 radical (unpaired) electrons. The first-order valence-electron chi connectivity index (χ1n) is 8.70. The predicted molar refractivity (Wildman–Crippen MR) is 104 cm³/mol. The molecule has 3 aromatic rings. The van der Waals surface area contributed by atoms with Gasteiger partial charge in [0.1, 0.15) is 23.0 Å². The minimum Gasteiger partial charge on any atom is -0.452 e. The van der Waals surface area contributed by atoms with Gasteiger partial charge in [-0.25, -0.2) is 4.79 Å². The molecule has 0 spiro atoms. The maximum Gasteiger partial charge on any atom is 0.343 e. The number of rotatable bonds is 6. The summed E-state index contributed by atoms with van der Waals surface area (Å²) in [6, 6.07) is 9.37. The van der Waals surface area contributed by atoms with Gasteiger partial charge < -0.3 is 14.5 Å². The van der Waals surface area contributed by atoms with Crippen LogP contribution in [0.3, 0.4) is 0 Å². The van der Waals surface area contributed by atoms with Crippen LogP contribution in [-0.2, 0) is 9.53 Å². The van der Waals surface area contributed by atoms with Crippen LogP contribution >= 0.6 is 0 Å². The summed E-state index contributed by atoms with van der Waals surface area (Å²) in [4.78, 5) is 34.9. The summed E-state index contributed by atoms with van der Waals surface area (Å²) in [7, 11) is 0. The van der Waals surface area contributed by atoms with E-state index in [-0.39, 0.29) is 28.5 Å². The van der Waals surface area contributed by atoms with Crippen LogP contribution in [0.15, 0.2) is 47.1 Å². The second-order valence-electron chi connectivity index (χ2n) is 6.30. The number of nitro benzene ring substituents is 1. The lowest BCUT2D eigenvalue weighted by atomic mass is 10.1. The topological polar surface area (TPSA) is 140 Å². The quantitative estimate of drug-likeness (QED) is 0.375. The van der Waals surface area contributed by atoms with E-state index < -0.39 is 23.4 Å². The Morgan fingerprint density at radius 1 is 1.30 bits per heavy atom. The summed E-state index contributed by atoms with van der Waals surface area (Å²) >= 11 is 0. The van der Waals surface area contributed by atoms with Gasteiger partial charge in [0.25, 0.3) is 11.6 Å². The molecule has 10 heteroatoms. The zero-order chi connectivity index (χ0) is 21.8. The van der Waals surface area contributed by atoms with Gasteiger partial charge in [-0.15, -0.1) is 0 Å². The molecule has 0 bridgehead atoms. The molecule has 0 aliphatic carbocycles. The highest BCUT2D eigenvalue weighted by Crippen LogP contribution is 2.26. The van der Waals surface area contributed by atoms with Gasteiger partial charge in [-0.05, 0) is 37.6 Å². The minimum absolute atomic E-state index is 0.000298. The molecule has 0 saturated carbocycles. The van der Waals surface area contributed by atoms with E-state index in [0.717, 1.165) is 0 Å². The second-order valence-corrected chi connectivity index (χ2v) is 6.30. The molecule has 2 heterocycles. The predicted octanol–water partition coefficient (Wildman–Crippen LogP) is 3.26. The van der Waals surface area contributed by atoms with Crippen molar-refractivity contribution in [2.45, 2.75) is 13.8 Å². The first-order valence-corrected chi connectivity index (χ1v) is 8.70. The summed E-state index contributed by atoms with van der Waals surface area (Å²) in [6.45, 7) is 2.51. The Morgan fingerprint density at radius 3 is 2.60 bits per heavy atom. The Labute approximate surface area is 170 Å². The number of hydrogen-bond donors (Lipinski definition) is 1. The summed E-state index contributed by atoms with van der Waals surface area (Å²) in [5, 5.41) is 22.8. The molecule has 10 nitrogen and oxygen atoms in total. The molecule has 1 N–H and O–H groups in total. The fraction of sp³-hybridized carbons (Fsp3) is 0.150. The van der Waals surface area contributed by atoms with Gasteiger partial charge in [0.15, 0.2) is 6.61 Å². The number of esters is 1. The molecule has 0 fully saturated rings. The van der Waals surface area contributed by atoms with Crippen LogP contribution in [0, 0.1) is 35.3 Å². The van der Waals surface area contributed by atoms with Crippen LogP contribution in [0.1, 0.15) is 27.2 Å². The summed E-state index contributed by atoms with van der Waals surface area (Å²) in [5.41, 5.74) is 0.683. The molecule has 1 aromatic carbocycles. The molecule has 0 atom stereocenters. The number of carbonyl (C=O) groups excluding carboxylic acids is 2. The van der Waals surface area contributed by atoms with E-state index >= 15 is 0 Å². The van der Waals surface area contributed by atoms with E-state index in [1.54, 1.807) is 36.0 Å². The van der Waals surface area contributed by atoms with Crippen molar-refractivity contribution in [3.05, 3.63) is 75.3 Å². The lowest BCUT2D eigenvalue weighted by molar-refractivity contribution is -0.384. The third-order valence-electron chi connectivity index (χ3n) is 4.25. The number of ether oxygens (including phenoxy) is 1. The minimum atomic E-state index is -0.873. The van der Waals surface area contributed by atoms with E-state index in [4.69, 9.17) is 9.15 Å². The average Bonchev–Trinajstić information content (AvgIpc) is 3.34. The molecule has 0 unspecified atom stereocenters. The largest absolute Gasteiger partial charge is 0.452 e. The van der Waals surface area contributed by atoms with Crippen LogP contribution < -0.4 is 5.32 Å². The smallest absolute Gasteiger partial charge is 0.343 e. The zero-order valence-electron chi connectivity index (χ0n) is 16.0. The van der Waals surface area contributed by atoms with E-state index in [1.807, 2.05) is 6.07 Å². The van der Waals surface area contributed by atoms with Crippen molar-refractivity contribution in [1.29, 1.82) is 5.26 Å². The van der Waals surface area contributed by atoms with E-state index in [0.29, 0.717) is 11.3 Å². The van der Waals surface area contributed by atoms with Crippen LogP contribution in [0.25, 0.3) is 5.88 Å². The fourth-order valence-electron chi connectivity index (χ4n) is 2.82. The number of nitriles is 1. The summed E-state index contributed by atoms with van der Waals surface area (Å²) in [6.07, 6.45) is 3.32. The number of hydrogen-bond acceptors (Lipinski definition) is 7. The van der Waals surface area contributed by atoms with Gasteiger partial charge in [0, 0.05) is 30.2 Å². The highest BCUT2D eigenvalue weighted by molar-refractivity contribution is 5.98. The van der Waals surface area contributed by atoms with Crippen LogP contribution in [0.5, 0.6) is 0 Å². The molecule has 0 aliphatic rings. The lowest BCUT2D eigenvalue weighted by Gasteiger charge is -2.09. The maximum absolute atomic E-state index is 12.5. The van der Waals surface area contributed by atoms with Gasteiger partial charge in [-0.2, -0.15) is 5.26 Å². The van der Waals surface area contributed by atoms with Crippen molar-refractivity contribution in [3.8, 4) is 12.0 Å². The Hall–Kier alpha value is -4.39. The third kappa shape index (κ3) is 4.05. The summed E-state index contributed by atoms with van der Waals surface area (Å²) in [5.74, 6) is -1.14. The summed E-state index contributed by atoms with van der Waals surface area (Å²) < 4.78 is 12.1. The highest BCUT2D eigenvalue weighted by Gasteiger charge is 2.26. The molecule has 0 saturated heterocycles. The Bertz CT molecular complexity index is 1170. The zero-order valence-corrected chi connectivity index (χ0v) is 16.0. The molecule has 3 rings (SSSR count). The molecule has 1 amide bonds. The van der Waals surface area contributed by atoms with Crippen molar-refractivity contribution in [2.75, 3.05) is 11.9 Å². The number of carbonyl (C=O) groups is 2. The number of anilines is 1. The molecular weight excluding hydrogens is 392 g/mol. The number of aryl methyl sites for hydroxylation is 2. The number of aromatic nitrogens is 1. The van der Waals surface area contributed by atoms with Gasteiger partial charge in [0.05, 0.1) is 4.92 Å². The Morgan fingerprint density at radius 2 is 2.00 bits per heavy atom. The number of nitro groups is 1. The molecular formula is C20H16N4O6. The first kappa shape index (κ1) is 20.3. The van der Waals surface area contributed by atoms with E-state index in [1.165, 1.54) is 25.1 Å².